The third-order valence-corrected chi connectivity index (χ3v) is 5.16. The Kier molecular flexibility index (Phi) is 4.46. The summed E-state index contributed by atoms with van der Waals surface area (Å²) >= 11 is 0. The van der Waals surface area contributed by atoms with Crippen LogP contribution in [0.25, 0.3) is 0 Å². The average molecular weight is 297 g/mol. The zero-order valence-electron chi connectivity index (χ0n) is 12.6. The van der Waals surface area contributed by atoms with Gasteiger partial charge in [0.05, 0.1) is 6.26 Å². The van der Waals surface area contributed by atoms with E-state index in [9.17, 15) is 8.42 Å². The fourth-order valence-electron chi connectivity index (χ4n) is 2.79. The highest BCUT2D eigenvalue weighted by Crippen LogP contribution is 2.20. The molecule has 0 aromatic carbocycles. The Hall–Kier alpha value is -0.980. The molecule has 0 saturated carbocycles. The summed E-state index contributed by atoms with van der Waals surface area (Å²) in [6.45, 7) is 8.20. The van der Waals surface area contributed by atoms with Crippen LogP contribution in [0, 0.1) is 6.92 Å². The number of rotatable bonds is 3. The van der Waals surface area contributed by atoms with Crippen molar-refractivity contribution in [2.24, 2.45) is 0 Å². The maximum atomic E-state index is 11.7. The Labute approximate surface area is 121 Å². The lowest BCUT2D eigenvalue weighted by Gasteiger charge is -2.42. The van der Waals surface area contributed by atoms with Gasteiger partial charge >= 0.3 is 0 Å². The molecule has 0 amide bonds. The van der Waals surface area contributed by atoms with Crippen LogP contribution in [0.3, 0.4) is 0 Å². The molecule has 1 saturated heterocycles. The summed E-state index contributed by atoms with van der Waals surface area (Å²) in [6.07, 6.45) is 5.01. The molecule has 2 atom stereocenters. The smallest absolute Gasteiger partial charge is 0.211 e. The first kappa shape index (κ1) is 15.4. The lowest BCUT2D eigenvalue weighted by atomic mass is 10.1. The highest BCUT2D eigenvalue weighted by atomic mass is 32.2. The molecule has 1 aromatic rings. The number of sulfonamides is 1. The first-order valence-corrected chi connectivity index (χ1v) is 8.73. The number of hydrogen-bond acceptors (Lipinski definition) is 4. The van der Waals surface area contributed by atoms with Gasteiger partial charge in [0.25, 0.3) is 0 Å². The highest BCUT2D eigenvalue weighted by Gasteiger charge is 2.33. The van der Waals surface area contributed by atoms with Crippen LogP contribution in [0.2, 0.25) is 0 Å². The lowest BCUT2D eigenvalue weighted by Crippen LogP contribution is -2.57. The summed E-state index contributed by atoms with van der Waals surface area (Å²) in [4.78, 5) is 6.54. The summed E-state index contributed by atoms with van der Waals surface area (Å²) in [5.74, 6) is 0. The fraction of sp³-hybridized carbons (Fsp3) is 0.643. The van der Waals surface area contributed by atoms with Gasteiger partial charge in [-0.3, -0.25) is 9.88 Å². The van der Waals surface area contributed by atoms with E-state index in [4.69, 9.17) is 0 Å². The molecule has 1 aliphatic heterocycles. The summed E-state index contributed by atoms with van der Waals surface area (Å²) < 4.78 is 25.1. The van der Waals surface area contributed by atoms with Gasteiger partial charge in [-0.15, -0.1) is 0 Å². The van der Waals surface area contributed by atoms with E-state index in [-0.39, 0.29) is 12.1 Å². The van der Waals surface area contributed by atoms with E-state index in [1.165, 1.54) is 11.8 Å². The molecule has 2 rings (SSSR count). The highest BCUT2D eigenvalue weighted by molar-refractivity contribution is 7.88. The van der Waals surface area contributed by atoms with Gasteiger partial charge in [-0.2, -0.15) is 4.31 Å². The van der Waals surface area contributed by atoms with Crippen molar-refractivity contribution >= 4 is 10.0 Å². The van der Waals surface area contributed by atoms with E-state index in [2.05, 4.69) is 22.9 Å². The topological polar surface area (TPSA) is 53.5 Å². The van der Waals surface area contributed by atoms with Gasteiger partial charge in [-0.25, -0.2) is 8.42 Å². The molecule has 0 spiro atoms. The monoisotopic (exact) mass is 297 g/mol. The maximum absolute atomic E-state index is 11.7. The SMILES string of the molecule is Cc1cncc(CN2C[C@@H](C)N(S(C)(=O)=O)C[C@H]2C)c1. The fourth-order valence-corrected chi connectivity index (χ4v) is 3.99. The quantitative estimate of drug-likeness (QED) is 0.842. The van der Waals surface area contributed by atoms with Crippen molar-refractivity contribution in [2.75, 3.05) is 19.3 Å². The largest absolute Gasteiger partial charge is 0.293 e. The molecule has 6 heteroatoms. The maximum Gasteiger partial charge on any atom is 0.211 e. The molecule has 1 aliphatic rings. The molecule has 2 heterocycles. The second kappa shape index (κ2) is 5.79. The zero-order valence-corrected chi connectivity index (χ0v) is 13.4. The predicted molar refractivity (Wildman–Crippen MR) is 79.9 cm³/mol. The van der Waals surface area contributed by atoms with Crippen molar-refractivity contribution < 1.29 is 8.42 Å². The molecule has 112 valence electrons. The van der Waals surface area contributed by atoms with Gasteiger partial charge in [0, 0.05) is 44.1 Å². The van der Waals surface area contributed by atoms with Crippen LogP contribution in [0.15, 0.2) is 18.5 Å². The molecule has 0 aliphatic carbocycles. The molecule has 1 fully saturated rings. The molecule has 5 nitrogen and oxygen atoms in total. The van der Waals surface area contributed by atoms with Crippen molar-refractivity contribution in [2.45, 2.75) is 39.4 Å². The third-order valence-electron chi connectivity index (χ3n) is 3.80. The summed E-state index contributed by atoms with van der Waals surface area (Å²) in [5.41, 5.74) is 2.33. The molecule has 1 aromatic heterocycles. The Bertz CT molecular complexity index is 574. The standard InChI is InChI=1S/C14H23N3O2S/c1-11-5-14(7-15-6-11)10-16-8-13(3)17(9-12(16)2)20(4,18)19/h5-7,12-13H,8-10H2,1-4H3/t12-,13-/m1/s1. The minimum Gasteiger partial charge on any atom is -0.293 e. The van der Waals surface area contributed by atoms with Crippen molar-refractivity contribution in [1.82, 2.24) is 14.2 Å². The second-order valence-corrected chi connectivity index (χ2v) is 7.77. The Morgan fingerprint density at radius 1 is 1.25 bits per heavy atom. The van der Waals surface area contributed by atoms with E-state index in [1.54, 1.807) is 4.31 Å². The van der Waals surface area contributed by atoms with Crippen molar-refractivity contribution in [3.05, 3.63) is 29.6 Å². The minimum atomic E-state index is -3.12. The molecule has 0 N–H and O–H groups in total. The first-order valence-electron chi connectivity index (χ1n) is 6.89. The number of aromatic nitrogens is 1. The van der Waals surface area contributed by atoms with E-state index in [1.807, 2.05) is 26.2 Å². The third kappa shape index (κ3) is 3.56. The predicted octanol–water partition coefficient (Wildman–Crippen LogP) is 1.24. The summed E-state index contributed by atoms with van der Waals surface area (Å²) in [5, 5.41) is 0. The van der Waals surface area contributed by atoms with Gasteiger partial charge < -0.3 is 0 Å². The van der Waals surface area contributed by atoms with E-state index < -0.39 is 10.0 Å². The van der Waals surface area contributed by atoms with Gasteiger partial charge in [0.2, 0.25) is 10.0 Å². The van der Waals surface area contributed by atoms with Gasteiger partial charge in [-0.05, 0) is 31.9 Å². The number of piperazine rings is 1. The summed E-state index contributed by atoms with van der Waals surface area (Å²) in [7, 11) is -3.12. The van der Waals surface area contributed by atoms with E-state index in [0.29, 0.717) is 6.54 Å². The number of nitrogens with zero attached hydrogens (tertiary/aromatic N) is 3. The minimum absolute atomic E-state index is 0.0129. The van der Waals surface area contributed by atoms with Gasteiger partial charge in [-0.1, -0.05) is 6.07 Å². The Morgan fingerprint density at radius 2 is 1.95 bits per heavy atom. The number of hydrogen-bond donors (Lipinski definition) is 0. The van der Waals surface area contributed by atoms with Gasteiger partial charge in [0.1, 0.15) is 0 Å². The Balaban J connectivity index is 2.09. The normalized spacial score (nSPS) is 25.8. The van der Waals surface area contributed by atoms with Crippen molar-refractivity contribution in [3.63, 3.8) is 0 Å². The zero-order chi connectivity index (χ0) is 14.9. The molecule has 0 unspecified atom stereocenters. The number of pyridine rings is 1. The van der Waals surface area contributed by atoms with Crippen molar-refractivity contribution in [1.29, 1.82) is 0 Å². The van der Waals surface area contributed by atoms with Crippen LogP contribution in [0.4, 0.5) is 0 Å². The van der Waals surface area contributed by atoms with Crippen LogP contribution in [0.1, 0.15) is 25.0 Å². The Morgan fingerprint density at radius 3 is 2.55 bits per heavy atom. The number of aryl methyl sites for hydroxylation is 1. The lowest BCUT2D eigenvalue weighted by molar-refractivity contribution is 0.0868. The van der Waals surface area contributed by atoms with Crippen LogP contribution >= 0.6 is 0 Å². The van der Waals surface area contributed by atoms with Crippen LogP contribution < -0.4 is 0 Å². The second-order valence-electron chi connectivity index (χ2n) is 5.83. The molecule has 20 heavy (non-hydrogen) atoms. The van der Waals surface area contributed by atoms with E-state index in [0.717, 1.165) is 18.7 Å². The first-order chi connectivity index (χ1) is 9.27. The van der Waals surface area contributed by atoms with E-state index >= 15 is 0 Å². The molecular formula is C14H23N3O2S. The molecule has 0 radical (unpaired) electrons. The van der Waals surface area contributed by atoms with Crippen LogP contribution in [-0.4, -0.2) is 54.0 Å². The van der Waals surface area contributed by atoms with Crippen molar-refractivity contribution in [3.8, 4) is 0 Å². The van der Waals surface area contributed by atoms with Crippen LogP contribution in [-0.2, 0) is 16.6 Å². The molecular weight excluding hydrogens is 274 g/mol. The molecule has 0 bridgehead atoms. The summed E-state index contributed by atoms with van der Waals surface area (Å²) in [6, 6.07) is 2.35. The average Bonchev–Trinajstić information content (AvgIpc) is 2.32. The van der Waals surface area contributed by atoms with Gasteiger partial charge in [0.15, 0.2) is 0 Å². The van der Waals surface area contributed by atoms with Crippen LogP contribution in [0.5, 0.6) is 0 Å².